The van der Waals surface area contributed by atoms with Crippen molar-refractivity contribution in [3.8, 4) is 11.5 Å². The molecule has 2 aromatic heterocycles. The third-order valence-corrected chi connectivity index (χ3v) is 18.9. The summed E-state index contributed by atoms with van der Waals surface area (Å²) in [5.74, 6) is 4.14. The van der Waals surface area contributed by atoms with Gasteiger partial charge in [-0.05, 0) is 137 Å². The molecule has 12 nitrogen and oxygen atoms in total. The van der Waals surface area contributed by atoms with E-state index in [1.807, 2.05) is 97.1 Å². The highest BCUT2D eigenvalue weighted by molar-refractivity contribution is 6.13. The second-order valence-electron chi connectivity index (χ2n) is 25.6. The van der Waals surface area contributed by atoms with Crippen LogP contribution in [0.1, 0.15) is 135 Å². The van der Waals surface area contributed by atoms with Gasteiger partial charge in [0.1, 0.15) is 22.7 Å². The maximum atomic E-state index is 13.3. The minimum absolute atomic E-state index is 0.144. The van der Waals surface area contributed by atoms with Gasteiger partial charge in [0.05, 0.1) is 69.4 Å². The zero-order valence-corrected chi connectivity index (χ0v) is 48.9. The minimum atomic E-state index is -0.387. The number of benzene rings is 8. The smallest absolute Gasteiger partial charge is 0.251 e. The number of nitrogens with zero attached hydrogens (tertiary/aromatic N) is 4. The van der Waals surface area contributed by atoms with Crippen LogP contribution in [0.3, 0.4) is 0 Å². The van der Waals surface area contributed by atoms with Crippen molar-refractivity contribution in [2.24, 2.45) is 23.7 Å². The maximum Gasteiger partial charge on any atom is 0.251 e. The molecular weight excluding hydrogens is 1040 g/mol. The van der Waals surface area contributed by atoms with E-state index in [0.29, 0.717) is 70.5 Å². The van der Waals surface area contributed by atoms with Gasteiger partial charge < -0.3 is 30.3 Å². The van der Waals surface area contributed by atoms with Gasteiger partial charge in [-0.2, -0.15) is 0 Å². The lowest BCUT2D eigenvalue weighted by Gasteiger charge is -2.49. The molecule has 2 aliphatic heterocycles. The van der Waals surface area contributed by atoms with Gasteiger partial charge >= 0.3 is 0 Å². The van der Waals surface area contributed by atoms with Crippen molar-refractivity contribution in [1.29, 1.82) is 0 Å². The highest BCUT2D eigenvalue weighted by atomic mass is 16.5. The number of carbonyl (C=O) groups excluding carboxylic acids is 2. The summed E-state index contributed by atoms with van der Waals surface area (Å²) < 4.78 is 13.7. The van der Waals surface area contributed by atoms with E-state index < -0.39 is 0 Å². The first-order valence-electron chi connectivity index (χ1n) is 30.3. The summed E-state index contributed by atoms with van der Waals surface area (Å²) in [5, 5.41) is 30.2. The van der Waals surface area contributed by atoms with Crippen LogP contribution in [0.15, 0.2) is 146 Å². The van der Waals surface area contributed by atoms with E-state index in [1.54, 1.807) is 12.1 Å². The third-order valence-electron chi connectivity index (χ3n) is 18.9. The van der Waals surface area contributed by atoms with Crippen molar-refractivity contribution in [2.75, 3.05) is 13.2 Å². The molecule has 428 valence electrons. The summed E-state index contributed by atoms with van der Waals surface area (Å²) in [4.78, 5) is 47.4. The van der Waals surface area contributed by atoms with Crippen molar-refractivity contribution in [3.63, 3.8) is 0 Å². The molecular formula is C72H74N6O6. The molecule has 12 heteroatoms. The molecule has 4 N–H and O–H groups in total. The molecule has 84 heavy (non-hydrogen) atoms. The predicted octanol–water partition coefficient (Wildman–Crippen LogP) is 13.9. The van der Waals surface area contributed by atoms with E-state index in [1.165, 1.54) is 24.0 Å². The molecule has 2 saturated carbocycles. The van der Waals surface area contributed by atoms with Crippen LogP contribution in [0.5, 0.6) is 11.5 Å². The Kier molecular flexibility index (Phi) is 14.6. The van der Waals surface area contributed by atoms with E-state index in [2.05, 4.69) is 88.6 Å². The summed E-state index contributed by atoms with van der Waals surface area (Å²) >= 11 is 0. The number of nitrogens with one attached hydrogen (secondary N) is 2. The van der Waals surface area contributed by atoms with Crippen molar-refractivity contribution in [3.05, 3.63) is 179 Å². The molecule has 8 aromatic carbocycles. The van der Waals surface area contributed by atoms with Crippen molar-refractivity contribution in [1.82, 2.24) is 30.6 Å². The lowest BCUT2D eigenvalue weighted by molar-refractivity contribution is -0.0118. The van der Waals surface area contributed by atoms with Crippen LogP contribution in [0, 0.1) is 23.7 Å². The summed E-state index contributed by atoms with van der Waals surface area (Å²) in [6, 6.07) is 46.7. The molecule has 2 fully saturated rings. The molecule has 0 saturated heterocycles. The molecule has 0 bridgehead atoms. The lowest BCUT2D eigenvalue weighted by Crippen LogP contribution is -2.46. The normalized spacial score (nSPS) is 21.9. The number of aliphatic hydroxyl groups excluding tert-OH is 2. The predicted molar refractivity (Wildman–Crippen MR) is 334 cm³/mol. The number of aromatic nitrogens is 4. The van der Waals surface area contributed by atoms with Crippen LogP contribution in [-0.4, -0.2) is 78.5 Å². The summed E-state index contributed by atoms with van der Waals surface area (Å²) in [6.07, 6.45) is 7.99. The molecule has 0 spiro atoms. The standard InChI is InChI=1S/2C36H37N3O3/c2*1-21-13-15-28-27(17-21)31-33-32(25-11-7-8-12-26(25)34(31)42-36(28,2)3)38-29-16-14-23(19-30(29)39-33)35(41)37-24(20-40)18-22-9-5-4-6-10-22/h2*4-12,14,16,19,21,24,27-28,40H,13,15,17-18,20H2,1-3H3,(H,37,41)/t21-,24+,27-,28-;21-,24-,27-,28-/m01/s1. The van der Waals surface area contributed by atoms with Gasteiger partial charge in [-0.25, -0.2) is 19.9 Å². The molecule has 4 heterocycles. The van der Waals surface area contributed by atoms with E-state index in [4.69, 9.17) is 29.4 Å². The van der Waals surface area contributed by atoms with Gasteiger partial charge in [0.15, 0.2) is 0 Å². The average molecular weight is 1120 g/mol. The Morgan fingerprint density at radius 2 is 0.857 bits per heavy atom. The third kappa shape index (κ3) is 10.2. The quantitative estimate of drug-likeness (QED) is 0.0764. The number of ether oxygens (including phenoxy) is 2. The summed E-state index contributed by atoms with van der Waals surface area (Å²) in [5.41, 5.74) is 11.3. The Labute approximate surface area is 490 Å². The van der Waals surface area contributed by atoms with Crippen molar-refractivity contribution in [2.45, 2.75) is 128 Å². The van der Waals surface area contributed by atoms with Gasteiger partial charge in [0, 0.05) is 55.6 Å². The number of rotatable bonds is 10. The van der Waals surface area contributed by atoms with Gasteiger partial charge in [-0.1, -0.05) is 136 Å². The second-order valence-corrected chi connectivity index (χ2v) is 25.6. The fourth-order valence-electron chi connectivity index (χ4n) is 14.7. The van der Waals surface area contributed by atoms with Crippen LogP contribution >= 0.6 is 0 Å². The Morgan fingerprint density at radius 1 is 0.488 bits per heavy atom. The van der Waals surface area contributed by atoms with Crippen LogP contribution in [-0.2, 0) is 12.8 Å². The van der Waals surface area contributed by atoms with Crippen LogP contribution in [0.2, 0.25) is 0 Å². The van der Waals surface area contributed by atoms with Crippen LogP contribution < -0.4 is 20.1 Å². The second kappa shape index (κ2) is 22.2. The molecule has 0 radical (unpaired) electrons. The number of amides is 2. The van der Waals surface area contributed by atoms with E-state index >= 15 is 0 Å². The molecule has 10 aromatic rings. The minimum Gasteiger partial charge on any atom is -0.487 e. The highest BCUT2D eigenvalue weighted by Crippen LogP contribution is 2.58. The number of carbonyl (C=O) groups is 2. The van der Waals surface area contributed by atoms with E-state index in [-0.39, 0.29) is 48.3 Å². The van der Waals surface area contributed by atoms with Gasteiger partial charge in [-0.3, -0.25) is 9.59 Å². The van der Waals surface area contributed by atoms with Gasteiger partial charge in [0.2, 0.25) is 0 Å². The van der Waals surface area contributed by atoms with Gasteiger partial charge in [-0.15, -0.1) is 0 Å². The topological polar surface area (TPSA) is 169 Å². The lowest BCUT2D eigenvalue weighted by atomic mass is 9.64. The Morgan fingerprint density at radius 3 is 1.25 bits per heavy atom. The van der Waals surface area contributed by atoms with Crippen molar-refractivity contribution < 1.29 is 29.3 Å². The number of fused-ring (bicyclic) bond motifs is 18. The molecule has 14 rings (SSSR count). The Bertz CT molecular complexity index is 3900. The fraction of sp³-hybridized carbons (Fsp3) is 0.361. The molecule has 2 aliphatic carbocycles. The number of hydrogen-bond donors (Lipinski definition) is 4. The monoisotopic (exact) mass is 1120 g/mol. The van der Waals surface area contributed by atoms with E-state index in [0.717, 1.165) is 103 Å². The van der Waals surface area contributed by atoms with Crippen LogP contribution in [0.4, 0.5) is 0 Å². The zero-order valence-electron chi connectivity index (χ0n) is 48.9. The Balaban J connectivity index is 0.000000157. The SMILES string of the molecule is C[C@@H]1CC[C@@H]2[C@@H](C1)c1c(c3ccccc3c3nc4ccc(C(=O)N[C@@H](CO)Cc5ccccc5)cc4nc13)OC2(C)C.C[C@H]1CC[C@H]2[C@H](C1)c1c(c3ccccc3c3nc4ccc(C(=O)N[C@@H](CO)Cc5ccccc5)cc4nc13)OC2(C)C. The number of aliphatic hydroxyl groups is 2. The zero-order chi connectivity index (χ0) is 58.0. The Hall–Kier alpha value is -8.06. The molecule has 8 atom stereocenters. The van der Waals surface area contributed by atoms with Gasteiger partial charge in [0.25, 0.3) is 11.8 Å². The number of hydrogen-bond acceptors (Lipinski definition) is 10. The summed E-state index contributed by atoms with van der Waals surface area (Å²) in [6.45, 7) is 13.3. The largest absolute Gasteiger partial charge is 0.487 e. The first-order valence-corrected chi connectivity index (χ1v) is 30.3. The summed E-state index contributed by atoms with van der Waals surface area (Å²) in [7, 11) is 0. The van der Waals surface area contributed by atoms with Crippen molar-refractivity contribution >= 4 is 77.5 Å². The highest BCUT2D eigenvalue weighted by Gasteiger charge is 2.49. The molecule has 4 aliphatic rings. The van der Waals surface area contributed by atoms with Crippen LogP contribution in [0.25, 0.3) is 65.7 Å². The van der Waals surface area contributed by atoms with E-state index in [9.17, 15) is 19.8 Å². The fourth-order valence-corrected chi connectivity index (χ4v) is 14.7. The average Bonchev–Trinajstić information content (AvgIpc) is 0.974. The molecule has 2 amide bonds. The molecule has 0 unspecified atom stereocenters. The maximum absolute atomic E-state index is 13.3. The first kappa shape index (κ1) is 55.1. The first-order chi connectivity index (χ1) is 40.6.